The Morgan fingerprint density at radius 1 is 0.800 bits per heavy atom. The second-order valence-corrected chi connectivity index (χ2v) is 11.7. The van der Waals surface area contributed by atoms with Crippen LogP contribution in [0.25, 0.3) is 0 Å². The van der Waals surface area contributed by atoms with Crippen LogP contribution in [0, 0.1) is 35.5 Å². The van der Waals surface area contributed by atoms with Crippen LogP contribution < -0.4 is 0 Å². The molecule has 0 saturated heterocycles. The Balaban J connectivity index is 1.27. The molecule has 0 spiro atoms. The summed E-state index contributed by atoms with van der Waals surface area (Å²) < 4.78 is 0.970. The molecular formula is C24H35I. The molecule has 0 heterocycles. The molecule has 7 atom stereocenters. The third kappa shape index (κ3) is 3.41. The van der Waals surface area contributed by atoms with Crippen molar-refractivity contribution in [3.8, 4) is 0 Å². The molecule has 0 aromatic rings. The summed E-state index contributed by atoms with van der Waals surface area (Å²) in [4.78, 5) is 0. The smallest absolute Gasteiger partial charge is 0.0112 e. The lowest BCUT2D eigenvalue weighted by Gasteiger charge is -2.45. The van der Waals surface area contributed by atoms with E-state index in [1.54, 1.807) is 5.57 Å². The molecule has 4 saturated carbocycles. The minimum atomic E-state index is 0.907. The zero-order valence-corrected chi connectivity index (χ0v) is 17.9. The summed E-state index contributed by atoms with van der Waals surface area (Å²) in [5.41, 5.74) is 3.65. The summed E-state index contributed by atoms with van der Waals surface area (Å²) >= 11 is 2.71. The molecule has 4 fully saturated rings. The van der Waals surface area contributed by atoms with Gasteiger partial charge in [0.05, 0.1) is 0 Å². The number of hydrogen-bond donors (Lipinski definition) is 0. The highest BCUT2D eigenvalue weighted by molar-refractivity contribution is 14.1. The molecule has 0 N–H and O–H groups in total. The molecule has 0 aliphatic heterocycles. The molecule has 0 bridgehead atoms. The number of rotatable bonds is 1. The van der Waals surface area contributed by atoms with Crippen LogP contribution in [-0.2, 0) is 0 Å². The standard InChI is InChI=1S/C24H35I/c25-22-11-9-18-13-17(6-7-20(18)15-22)19-10-12-24-21(14-19)8-5-16-3-1-2-4-23(16)24/h10,14,16-18,20,22-24H,1-9,11-13,15H2. The second kappa shape index (κ2) is 7.32. The van der Waals surface area contributed by atoms with Crippen molar-refractivity contribution in [2.75, 3.05) is 0 Å². The van der Waals surface area contributed by atoms with Gasteiger partial charge in [0.25, 0.3) is 0 Å². The van der Waals surface area contributed by atoms with Crippen molar-refractivity contribution in [1.82, 2.24) is 0 Å². The van der Waals surface area contributed by atoms with Crippen molar-refractivity contribution < 1.29 is 0 Å². The minimum absolute atomic E-state index is 0.907. The summed E-state index contributed by atoms with van der Waals surface area (Å²) in [6.45, 7) is 0. The van der Waals surface area contributed by atoms with Crippen LogP contribution in [0.1, 0.15) is 83.5 Å². The summed E-state index contributed by atoms with van der Waals surface area (Å²) in [6.07, 6.45) is 24.9. The molecule has 138 valence electrons. The van der Waals surface area contributed by atoms with Gasteiger partial charge in [0.15, 0.2) is 0 Å². The molecule has 0 aromatic carbocycles. The van der Waals surface area contributed by atoms with Crippen LogP contribution in [0.3, 0.4) is 0 Å². The molecule has 0 radical (unpaired) electrons. The van der Waals surface area contributed by atoms with Crippen molar-refractivity contribution in [1.29, 1.82) is 0 Å². The van der Waals surface area contributed by atoms with E-state index in [0.717, 1.165) is 39.4 Å². The summed E-state index contributed by atoms with van der Waals surface area (Å²) in [6, 6.07) is 0. The van der Waals surface area contributed by atoms with E-state index in [-0.39, 0.29) is 0 Å². The fourth-order valence-electron chi connectivity index (χ4n) is 7.40. The molecule has 25 heavy (non-hydrogen) atoms. The zero-order chi connectivity index (χ0) is 16.8. The van der Waals surface area contributed by atoms with Gasteiger partial charge in [0.2, 0.25) is 0 Å². The average Bonchev–Trinajstić information content (AvgIpc) is 2.67. The monoisotopic (exact) mass is 450 g/mol. The first-order chi connectivity index (χ1) is 12.3. The Kier molecular flexibility index (Phi) is 5.07. The molecule has 0 nitrogen and oxygen atoms in total. The van der Waals surface area contributed by atoms with Crippen molar-refractivity contribution in [3.05, 3.63) is 23.3 Å². The lowest BCUT2D eigenvalue weighted by Crippen LogP contribution is -2.34. The number of hydrogen-bond acceptors (Lipinski definition) is 0. The van der Waals surface area contributed by atoms with Crippen molar-refractivity contribution in [2.45, 2.75) is 87.4 Å². The van der Waals surface area contributed by atoms with Crippen LogP contribution in [0.15, 0.2) is 23.3 Å². The fourth-order valence-corrected chi connectivity index (χ4v) is 8.41. The lowest BCUT2D eigenvalue weighted by atomic mass is 9.60. The molecule has 7 unspecified atom stereocenters. The maximum atomic E-state index is 2.73. The van der Waals surface area contributed by atoms with Crippen LogP contribution >= 0.6 is 22.6 Å². The lowest BCUT2D eigenvalue weighted by molar-refractivity contribution is 0.137. The van der Waals surface area contributed by atoms with Crippen molar-refractivity contribution >= 4 is 22.6 Å². The predicted octanol–water partition coefficient (Wildman–Crippen LogP) is 7.48. The van der Waals surface area contributed by atoms with E-state index in [2.05, 4.69) is 34.7 Å². The highest BCUT2D eigenvalue weighted by Crippen LogP contribution is 2.51. The Morgan fingerprint density at radius 2 is 1.64 bits per heavy atom. The number of fused-ring (bicyclic) bond motifs is 4. The quantitative estimate of drug-likeness (QED) is 0.287. The van der Waals surface area contributed by atoms with Crippen LogP contribution in [0.5, 0.6) is 0 Å². The molecule has 1 heteroatoms. The normalized spacial score (nSPS) is 47.0. The highest BCUT2D eigenvalue weighted by Gasteiger charge is 2.40. The Hall–Kier alpha value is 0.210. The van der Waals surface area contributed by atoms with Crippen molar-refractivity contribution in [3.63, 3.8) is 0 Å². The predicted molar refractivity (Wildman–Crippen MR) is 115 cm³/mol. The first-order valence-electron chi connectivity index (χ1n) is 11.3. The van der Waals surface area contributed by atoms with Gasteiger partial charge < -0.3 is 0 Å². The summed E-state index contributed by atoms with van der Waals surface area (Å²) in [5, 5.41) is 0. The first kappa shape index (κ1) is 17.3. The third-order valence-corrected chi connectivity index (χ3v) is 9.88. The third-order valence-electron chi connectivity index (χ3n) is 8.74. The average molecular weight is 450 g/mol. The maximum absolute atomic E-state index is 2.73. The van der Waals surface area contributed by atoms with E-state index in [1.807, 2.05) is 5.57 Å². The Bertz CT molecular complexity index is 558. The fraction of sp³-hybridized carbons (Fsp3) is 0.833. The summed E-state index contributed by atoms with van der Waals surface area (Å²) in [5.74, 6) is 6.08. The van der Waals surface area contributed by atoms with Crippen LogP contribution in [0.2, 0.25) is 0 Å². The topological polar surface area (TPSA) is 0 Å². The van der Waals surface area contributed by atoms with Crippen LogP contribution in [0.4, 0.5) is 0 Å². The first-order valence-corrected chi connectivity index (χ1v) is 12.6. The maximum Gasteiger partial charge on any atom is 0.0112 e. The highest BCUT2D eigenvalue weighted by atomic mass is 127. The zero-order valence-electron chi connectivity index (χ0n) is 15.8. The van der Waals surface area contributed by atoms with Gasteiger partial charge >= 0.3 is 0 Å². The SMILES string of the molecule is IC1CCC2CC(C3=CCC4C(=C3)CCC3CCCCC34)CCC2C1. The molecule has 5 rings (SSSR count). The molecular weight excluding hydrogens is 415 g/mol. The van der Waals surface area contributed by atoms with E-state index < -0.39 is 0 Å². The largest absolute Gasteiger partial charge is 0.0826 e. The van der Waals surface area contributed by atoms with Gasteiger partial charge in [-0.2, -0.15) is 0 Å². The van der Waals surface area contributed by atoms with Gasteiger partial charge in [-0.1, -0.05) is 59.6 Å². The molecule has 0 amide bonds. The minimum Gasteiger partial charge on any atom is -0.0826 e. The van der Waals surface area contributed by atoms with Gasteiger partial charge in [0.1, 0.15) is 0 Å². The molecule has 5 aliphatic rings. The summed E-state index contributed by atoms with van der Waals surface area (Å²) in [7, 11) is 0. The van der Waals surface area contributed by atoms with Crippen LogP contribution in [-0.4, -0.2) is 3.92 Å². The van der Waals surface area contributed by atoms with E-state index in [9.17, 15) is 0 Å². The van der Waals surface area contributed by atoms with E-state index in [1.165, 1.54) is 83.5 Å². The molecule has 0 aromatic heterocycles. The number of alkyl halides is 1. The van der Waals surface area contributed by atoms with Gasteiger partial charge in [0, 0.05) is 3.92 Å². The van der Waals surface area contributed by atoms with Gasteiger partial charge in [-0.25, -0.2) is 0 Å². The second-order valence-electron chi connectivity index (χ2n) is 9.95. The number of halogens is 1. The van der Waals surface area contributed by atoms with Crippen molar-refractivity contribution in [2.24, 2.45) is 35.5 Å². The van der Waals surface area contributed by atoms with E-state index in [4.69, 9.17) is 0 Å². The van der Waals surface area contributed by atoms with Gasteiger partial charge in [-0.15, -0.1) is 0 Å². The Labute approximate surface area is 168 Å². The van der Waals surface area contributed by atoms with E-state index in [0.29, 0.717) is 0 Å². The van der Waals surface area contributed by atoms with Gasteiger partial charge in [-0.3, -0.25) is 0 Å². The van der Waals surface area contributed by atoms with E-state index >= 15 is 0 Å². The Morgan fingerprint density at radius 3 is 2.60 bits per heavy atom. The molecule has 5 aliphatic carbocycles. The van der Waals surface area contributed by atoms with Gasteiger partial charge in [-0.05, 0) is 105 Å². The number of allylic oxidation sites excluding steroid dienone is 4.